The molecule has 3 heteroatoms. The first kappa shape index (κ1) is 13.2. The average molecular weight is 232 g/mol. The molecule has 0 radical (unpaired) electrons. The number of carbonyl (C=O) groups is 2. The molecule has 3 nitrogen and oxygen atoms in total. The zero-order chi connectivity index (χ0) is 12.8. The molecule has 17 heavy (non-hydrogen) atoms. The van der Waals surface area contributed by atoms with Crippen molar-refractivity contribution in [3.63, 3.8) is 0 Å². The average Bonchev–Trinajstić information content (AvgIpc) is 2.35. The fourth-order valence-corrected chi connectivity index (χ4v) is 1.36. The highest BCUT2D eigenvalue weighted by Crippen LogP contribution is 2.13. The van der Waals surface area contributed by atoms with Gasteiger partial charge in [-0.1, -0.05) is 26.0 Å². The first-order valence-electron chi connectivity index (χ1n) is 5.43. The van der Waals surface area contributed by atoms with E-state index in [0.29, 0.717) is 5.56 Å². The summed E-state index contributed by atoms with van der Waals surface area (Å²) in [7, 11) is 1.35. The van der Waals surface area contributed by atoms with E-state index in [2.05, 4.69) is 4.74 Å². The van der Waals surface area contributed by atoms with Crippen molar-refractivity contribution in [2.75, 3.05) is 7.11 Å². The fraction of sp³-hybridized carbons (Fsp3) is 0.286. The van der Waals surface area contributed by atoms with Gasteiger partial charge in [-0.05, 0) is 35.3 Å². The summed E-state index contributed by atoms with van der Waals surface area (Å²) in [6.07, 6.45) is 2.68. The normalized spacial score (nSPS) is 11.4. The molecular formula is C14H16O3. The molecule has 0 unspecified atom stereocenters. The van der Waals surface area contributed by atoms with E-state index in [1.54, 1.807) is 24.3 Å². The van der Waals surface area contributed by atoms with Crippen LogP contribution in [0.2, 0.25) is 0 Å². The van der Waals surface area contributed by atoms with Crippen molar-refractivity contribution in [3.05, 3.63) is 41.0 Å². The highest BCUT2D eigenvalue weighted by Gasteiger charge is 2.05. The van der Waals surface area contributed by atoms with Crippen LogP contribution in [0.25, 0.3) is 6.08 Å². The molecule has 90 valence electrons. The number of methoxy groups -OCH3 is 1. The molecule has 0 amide bonds. The molecule has 0 aromatic heterocycles. The van der Waals surface area contributed by atoms with Crippen LogP contribution in [0.4, 0.5) is 0 Å². The molecule has 0 spiro atoms. The van der Waals surface area contributed by atoms with Gasteiger partial charge in [0.1, 0.15) is 6.29 Å². The predicted molar refractivity (Wildman–Crippen MR) is 66.7 cm³/mol. The Kier molecular flexibility index (Phi) is 4.64. The van der Waals surface area contributed by atoms with E-state index in [9.17, 15) is 9.59 Å². The third kappa shape index (κ3) is 3.55. The molecule has 0 aliphatic rings. The summed E-state index contributed by atoms with van der Waals surface area (Å²) < 4.78 is 4.61. The standard InChI is InChI=1S/C14H16O3/c1-10(2)13(9-15)8-11-4-6-12(7-5-11)14(16)17-3/h4-10H,1-3H3. The third-order valence-electron chi connectivity index (χ3n) is 2.47. The number of allylic oxidation sites excluding steroid dienone is 1. The summed E-state index contributed by atoms with van der Waals surface area (Å²) in [6.45, 7) is 3.92. The van der Waals surface area contributed by atoms with Gasteiger partial charge in [0.2, 0.25) is 0 Å². The Morgan fingerprint density at radius 1 is 1.24 bits per heavy atom. The maximum absolute atomic E-state index is 11.2. The molecule has 1 aromatic rings. The van der Waals surface area contributed by atoms with Gasteiger partial charge in [-0.25, -0.2) is 4.79 Å². The van der Waals surface area contributed by atoms with E-state index in [4.69, 9.17) is 0 Å². The second-order valence-electron chi connectivity index (χ2n) is 4.03. The van der Waals surface area contributed by atoms with Crippen molar-refractivity contribution in [2.45, 2.75) is 13.8 Å². The van der Waals surface area contributed by atoms with Crippen LogP contribution in [0.3, 0.4) is 0 Å². The van der Waals surface area contributed by atoms with Gasteiger partial charge in [-0.15, -0.1) is 0 Å². The van der Waals surface area contributed by atoms with E-state index in [1.807, 2.05) is 19.9 Å². The van der Waals surface area contributed by atoms with E-state index >= 15 is 0 Å². The van der Waals surface area contributed by atoms with Gasteiger partial charge in [-0.3, -0.25) is 4.79 Å². The van der Waals surface area contributed by atoms with Crippen LogP contribution in [-0.4, -0.2) is 19.4 Å². The van der Waals surface area contributed by atoms with Gasteiger partial charge in [0.15, 0.2) is 0 Å². The van der Waals surface area contributed by atoms with Crippen molar-refractivity contribution in [2.24, 2.45) is 5.92 Å². The molecule has 0 fully saturated rings. The maximum atomic E-state index is 11.2. The molecule has 0 bridgehead atoms. The molecule has 0 atom stereocenters. The van der Waals surface area contributed by atoms with Gasteiger partial charge in [0, 0.05) is 0 Å². The van der Waals surface area contributed by atoms with Crippen LogP contribution in [0, 0.1) is 5.92 Å². The predicted octanol–water partition coefficient (Wildman–Crippen LogP) is 2.71. The van der Waals surface area contributed by atoms with Crippen LogP contribution in [0.5, 0.6) is 0 Å². The van der Waals surface area contributed by atoms with E-state index in [-0.39, 0.29) is 11.9 Å². The number of ether oxygens (including phenoxy) is 1. The van der Waals surface area contributed by atoms with Crippen LogP contribution in [-0.2, 0) is 9.53 Å². The van der Waals surface area contributed by atoms with Gasteiger partial charge < -0.3 is 4.74 Å². The van der Waals surface area contributed by atoms with Crippen LogP contribution < -0.4 is 0 Å². The number of hydrogen-bond donors (Lipinski definition) is 0. The van der Waals surface area contributed by atoms with Crippen molar-refractivity contribution < 1.29 is 14.3 Å². The molecular weight excluding hydrogens is 216 g/mol. The molecule has 0 heterocycles. The Labute approximate surface area is 101 Å². The molecule has 1 rings (SSSR count). The Hall–Kier alpha value is -1.90. The lowest BCUT2D eigenvalue weighted by Gasteiger charge is -2.04. The monoisotopic (exact) mass is 232 g/mol. The SMILES string of the molecule is COC(=O)c1ccc(C=C(C=O)C(C)C)cc1. The number of carbonyl (C=O) groups excluding carboxylic acids is 2. The number of aldehydes is 1. The summed E-state index contributed by atoms with van der Waals surface area (Å²) in [5.41, 5.74) is 2.13. The number of benzene rings is 1. The zero-order valence-corrected chi connectivity index (χ0v) is 10.3. The largest absolute Gasteiger partial charge is 0.465 e. The summed E-state index contributed by atoms with van der Waals surface area (Å²) in [5, 5.41) is 0. The minimum absolute atomic E-state index is 0.188. The highest BCUT2D eigenvalue weighted by molar-refractivity contribution is 5.89. The molecule has 1 aromatic carbocycles. The topological polar surface area (TPSA) is 43.4 Å². The van der Waals surface area contributed by atoms with Crippen molar-refractivity contribution >= 4 is 18.3 Å². The minimum atomic E-state index is -0.361. The summed E-state index contributed by atoms with van der Waals surface area (Å²) in [4.78, 5) is 22.0. The highest BCUT2D eigenvalue weighted by atomic mass is 16.5. The maximum Gasteiger partial charge on any atom is 0.337 e. The summed E-state index contributed by atoms with van der Waals surface area (Å²) >= 11 is 0. The Bertz CT molecular complexity index is 427. The second kappa shape index (κ2) is 5.99. The van der Waals surface area contributed by atoms with Crippen LogP contribution >= 0.6 is 0 Å². The fourth-order valence-electron chi connectivity index (χ4n) is 1.36. The molecule has 0 N–H and O–H groups in total. The quantitative estimate of drug-likeness (QED) is 0.455. The smallest absolute Gasteiger partial charge is 0.337 e. The van der Waals surface area contributed by atoms with E-state index in [1.165, 1.54) is 7.11 Å². The van der Waals surface area contributed by atoms with E-state index in [0.717, 1.165) is 17.4 Å². The van der Waals surface area contributed by atoms with Crippen molar-refractivity contribution in [3.8, 4) is 0 Å². The summed E-state index contributed by atoms with van der Waals surface area (Å²) in [6, 6.07) is 6.94. The van der Waals surface area contributed by atoms with Gasteiger partial charge in [-0.2, -0.15) is 0 Å². The molecule has 0 saturated heterocycles. The lowest BCUT2D eigenvalue weighted by atomic mass is 10.0. The lowest BCUT2D eigenvalue weighted by molar-refractivity contribution is -0.105. The number of esters is 1. The van der Waals surface area contributed by atoms with Gasteiger partial charge in [0.25, 0.3) is 0 Å². The van der Waals surface area contributed by atoms with Gasteiger partial charge >= 0.3 is 5.97 Å². The number of hydrogen-bond acceptors (Lipinski definition) is 3. The zero-order valence-electron chi connectivity index (χ0n) is 10.3. The summed E-state index contributed by atoms with van der Waals surface area (Å²) in [5.74, 6) is -0.173. The molecule has 0 saturated carbocycles. The number of rotatable bonds is 4. The second-order valence-corrected chi connectivity index (χ2v) is 4.03. The Morgan fingerprint density at radius 3 is 2.24 bits per heavy atom. The van der Waals surface area contributed by atoms with Crippen molar-refractivity contribution in [1.29, 1.82) is 0 Å². The Balaban J connectivity index is 2.95. The van der Waals surface area contributed by atoms with Gasteiger partial charge in [0.05, 0.1) is 12.7 Å². The van der Waals surface area contributed by atoms with Crippen molar-refractivity contribution in [1.82, 2.24) is 0 Å². The minimum Gasteiger partial charge on any atom is -0.465 e. The molecule has 0 aliphatic carbocycles. The first-order valence-corrected chi connectivity index (χ1v) is 5.43. The Morgan fingerprint density at radius 2 is 1.82 bits per heavy atom. The van der Waals surface area contributed by atoms with Crippen LogP contribution in [0.15, 0.2) is 29.8 Å². The first-order chi connectivity index (χ1) is 8.08. The van der Waals surface area contributed by atoms with E-state index < -0.39 is 0 Å². The third-order valence-corrected chi connectivity index (χ3v) is 2.47. The van der Waals surface area contributed by atoms with Crippen LogP contribution in [0.1, 0.15) is 29.8 Å². The molecule has 0 aliphatic heterocycles. The lowest BCUT2D eigenvalue weighted by Crippen LogP contribution is -2.00.